The van der Waals surface area contributed by atoms with Gasteiger partial charge < -0.3 is 9.47 Å². The van der Waals surface area contributed by atoms with Gasteiger partial charge in [-0.05, 0) is 38.5 Å². The Hall–Kier alpha value is -0.590. The highest BCUT2D eigenvalue weighted by Crippen LogP contribution is 2.16. The molecule has 0 N–H and O–H groups in total. The SMILES string of the molecule is N#CCCCCCCCCCCOCCCC1CCCO1. The van der Waals surface area contributed by atoms with Crippen LogP contribution in [0.25, 0.3) is 0 Å². The number of hydrogen-bond donors (Lipinski definition) is 0. The molecule has 1 heterocycles. The molecule has 122 valence electrons. The summed E-state index contributed by atoms with van der Waals surface area (Å²) in [5.74, 6) is 0. The fourth-order valence-electron chi connectivity index (χ4n) is 2.86. The molecule has 3 nitrogen and oxygen atoms in total. The van der Waals surface area contributed by atoms with Crippen molar-refractivity contribution in [3.63, 3.8) is 0 Å². The van der Waals surface area contributed by atoms with Crippen LogP contribution in [-0.4, -0.2) is 25.9 Å². The summed E-state index contributed by atoms with van der Waals surface area (Å²) in [6.45, 7) is 2.79. The van der Waals surface area contributed by atoms with E-state index in [-0.39, 0.29) is 0 Å². The lowest BCUT2D eigenvalue weighted by Crippen LogP contribution is -2.06. The average molecular weight is 295 g/mol. The maximum Gasteiger partial charge on any atom is 0.0621 e. The zero-order chi connectivity index (χ0) is 15.0. The first-order valence-corrected chi connectivity index (χ1v) is 9.00. The van der Waals surface area contributed by atoms with Crippen molar-refractivity contribution in [3.05, 3.63) is 0 Å². The van der Waals surface area contributed by atoms with Crippen LogP contribution in [0, 0.1) is 11.3 Å². The lowest BCUT2D eigenvalue weighted by Gasteiger charge is -2.09. The van der Waals surface area contributed by atoms with Gasteiger partial charge in [0.15, 0.2) is 0 Å². The van der Waals surface area contributed by atoms with Crippen LogP contribution in [0.3, 0.4) is 0 Å². The Morgan fingerprint density at radius 2 is 1.57 bits per heavy atom. The molecule has 0 spiro atoms. The predicted molar refractivity (Wildman–Crippen MR) is 86.2 cm³/mol. The quantitative estimate of drug-likeness (QED) is 0.424. The van der Waals surface area contributed by atoms with Gasteiger partial charge in [-0.1, -0.05) is 38.5 Å². The lowest BCUT2D eigenvalue weighted by molar-refractivity contribution is 0.0808. The smallest absolute Gasteiger partial charge is 0.0621 e. The highest BCUT2D eigenvalue weighted by Gasteiger charge is 2.14. The summed E-state index contributed by atoms with van der Waals surface area (Å²) in [5.41, 5.74) is 0. The molecule has 0 bridgehead atoms. The van der Waals surface area contributed by atoms with Crippen molar-refractivity contribution < 1.29 is 9.47 Å². The van der Waals surface area contributed by atoms with E-state index < -0.39 is 0 Å². The summed E-state index contributed by atoms with van der Waals surface area (Å²) >= 11 is 0. The zero-order valence-corrected chi connectivity index (χ0v) is 13.7. The van der Waals surface area contributed by atoms with Crippen LogP contribution < -0.4 is 0 Å². The van der Waals surface area contributed by atoms with E-state index in [0.717, 1.165) is 39.1 Å². The summed E-state index contributed by atoms with van der Waals surface area (Å²) in [7, 11) is 0. The minimum absolute atomic E-state index is 0.516. The molecule has 1 aliphatic rings. The molecule has 0 aliphatic carbocycles. The van der Waals surface area contributed by atoms with Gasteiger partial charge in [0.25, 0.3) is 0 Å². The van der Waals surface area contributed by atoms with Gasteiger partial charge in [0, 0.05) is 26.2 Å². The van der Waals surface area contributed by atoms with E-state index in [2.05, 4.69) is 6.07 Å². The molecule has 1 unspecified atom stereocenters. The number of rotatable bonds is 14. The van der Waals surface area contributed by atoms with Crippen LogP contribution in [0.1, 0.15) is 83.5 Å². The molecular formula is C18H33NO2. The van der Waals surface area contributed by atoms with E-state index in [9.17, 15) is 0 Å². The molecule has 0 aromatic carbocycles. The minimum atomic E-state index is 0.516. The Morgan fingerprint density at radius 3 is 2.24 bits per heavy atom. The number of nitrogens with zero attached hydrogens (tertiary/aromatic N) is 1. The lowest BCUT2D eigenvalue weighted by atomic mass is 10.1. The number of nitriles is 1. The van der Waals surface area contributed by atoms with E-state index in [1.165, 1.54) is 64.2 Å². The Bertz CT molecular complexity index is 256. The molecule has 1 aliphatic heterocycles. The van der Waals surface area contributed by atoms with Crippen LogP contribution in [0.2, 0.25) is 0 Å². The molecule has 21 heavy (non-hydrogen) atoms. The normalized spacial score (nSPS) is 18.0. The monoisotopic (exact) mass is 295 g/mol. The summed E-state index contributed by atoms with van der Waals surface area (Å²) in [6.07, 6.45) is 16.1. The Labute approximate surface area is 131 Å². The van der Waals surface area contributed by atoms with Crippen molar-refractivity contribution >= 4 is 0 Å². The predicted octanol–water partition coefficient (Wildman–Crippen LogP) is 5.00. The molecule has 0 saturated carbocycles. The van der Waals surface area contributed by atoms with Gasteiger partial charge >= 0.3 is 0 Å². The summed E-state index contributed by atoms with van der Waals surface area (Å²) in [5, 5.41) is 8.43. The maximum absolute atomic E-state index is 8.43. The second-order valence-corrected chi connectivity index (χ2v) is 6.13. The van der Waals surface area contributed by atoms with Crippen molar-refractivity contribution in [2.75, 3.05) is 19.8 Å². The van der Waals surface area contributed by atoms with Crippen LogP contribution in [-0.2, 0) is 9.47 Å². The Morgan fingerprint density at radius 1 is 0.905 bits per heavy atom. The van der Waals surface area contributed by atoms with Crippen LogP contribution in [0.4, 0.5) is 0 Å². The van der Waals surface area contributed by atoms with E-state index in [4.69, 9.17) is 14.7 Å². The van der Waals surface area contributed by atoms with Crippen LogP contribution in [0.5, 0.6) is 0 Å². The molecule has 0 aromatic heterocycles. The standard InChI is InChI=1S/C18H33NO2/c19-14-8-6-4-2-1-3-5-7-9-15-20-16-10-12-18-13-11-17-21-18/h18H,1-13,15-17H2. The second-order valence-electron chi connectivity index (χ2n) is 6.13. The van der Waals surface area contributed by atoms with E-state index in [1.807, 2.05) is 0 Å². The summed E-state index contributed by atoms with van der Waals surface area (Å²) < 4.78 is 11.3. The summed E-state index contributed by atoms with van der Waals surface area (Å²) in [6, 6.07) is 2.20. The van der Waals surface area contributed by atoms with Gasteiger partial charge in [0.2, 0.25) is 0 Å². The average Bonchev–Trinajstić information content (AvgIpc) is 3.01. The third kappa shape index (κ3) is 11.7. The molecule has 1 fully saturated rings. The van der Waals surface area contributed by atoms with Crippen molar-refractivity contribution in [3.8, 4) is 6.07 Å². The van der Waals surface area contributed by atoms with Crippen LogP contribution in [0.15, 0.2) is 0 Å². The van der Waals surface area contributed by atoms with Crippen molar-refractivity contribution in [1.29, 1.82) is 5.26 Å². The van der Waals surface area contributed by atoms with E-state index >= 15 is 0 Å². The largest absolute Gasteiger partial charge is 0.381 e. The molecule has 0 aromatic rings. The third-order valence-corrected chi connectivity index (χ3v) is 4.17. The Balaban J connectivity index is 1.66. The molecular weight excluding hydrogens is 262 g/mol. The van der Waals surface area contributed by atoms with E-state index in [0.29, 0.717) is 6.10 Å². The first-order valence-electron chi connectivity index (χ1n) is 9.00. The summed E-state index contributed by atoms with van der Waals surface area (Å²) in [4.78, 5) is 0. The minimum Gasteiger partial charge on any atom is -0.381 e. The number of unbranched alkanes of at least 4 members (excludes halogenated alkanes) is 8. The zero-order valence-electron chi connectivity index (χ0n) is 13.7. The highest BCUT2D eigenvalue weighted by atomic mass is 16.5. The van der Waals surface area contributed by atoms with E-state index in [1.54, 1.807) is 0 Å². The maximum atomic E-state index is 8.43. The fourth-order valence-corrected chi connectivity index (χ4v) is 2.86. The molecule has 0 radical (unpaired) electrons. The van der Waals surface area contributed by atoms with Crippen LogP contribution >= 0.6 is 0 Å². The van der Waals surface area contributed by atoms with Gasteiger partial charge in [-0.2, -0.15) is 5.26 Å². The van der Waals surface area contributed by atoms with Gasteiger partial charge in [-0.25, -0.2) is 0 Å². The molecule has 0 amide bonds. The first-order chi connectivity index (χ1) is 10.4. The highest BCUT2D eigenvalue weighted by molar-refractivity contribution is 4.67. The fraction of sp³-hybridized carbons (Fsp3) is 0.944. The second kappa shape index (κ2) is 14.4. The Kier molecular flexibility index (Phi) is 12.6. The van der Waals surface area contributed by atoms with Gasteiger partial charge in [-0.3, -0.25) is 0 Å². The van der Waals surface area contributed by atoms with Crippen molar-refractivity contribution in [2.45, 2.75) is 89.6 Å². The van der Waals surface area contributed by atoms with Crippen molar-refractivity contribution in [2.24, 2.45) is 0 Å². The topological polar surface area (TPSA) is 42.2 Å². The molecule has 1 rings (SSSR count). The number of hydrogen-bond acceptors (Lipinski definition) is 3. The number of ether oxygens (including phenoxy) is 2. The molecule has 1 atom stereocenters. The molecule has 3 heteroatoms. The van der Waals surface area contributed by atoms with Gasteiger partial charge in [0.1, 0.15) is 0 Å². The van der Waals surface area contributed by atoms with Gasteiger partial charge in [-0.15, -0.1) is 0 Å². The van der Waals surface area contributed by atoms with Crippen molar-refractivity contribution in [1.82, 2.24) is 0 Å². The first kappa shape index (κ1) is 18.5. The third-order valence-electron chi connectivity index (χ3n) is 4.17. The van der Waals surface area contributed by atoms with Gasteiger partial charge in [0.05, 0.1) is 12.2 Å². The molecule has 1 saturated heterocycles.